The normalized spacial score (nSPS) is 16.2. The van der Waals surface area contributed by atoms with E-state index in [1.807, 2.05) is 0 Å². The molecular weight excluding hydrogens is 401 g/mol. The van der Waals surface area contributed by atoms with E-state index in [9.17, 15) is 36.0 Å². The van der Waals surface area contributed by atoms with E-state index in [1.54, 1.807) is 36.4 Å². The zero-order valence-electron chi connectivity index (χ0n) is 14.1. The Balaban J connectivity index is 1.80. The number of rotatable bonds is 6. The Morgan fingerprint density at radius 1 is 1.11 bits per heavy atom. The van der Waals surface area contributed by atoms with Crippen LogP contribution in [-0.2, 0) is 25.3 Å². The van der Waals surface area contributed by atoms with Gasteiger partial charge in [0.2, 0.25) is 5.60 Å². The van der Waals surface area contributed by atoms with Crippen molar-refractivity contribution in [1.82, 2.24) is 0 Å². The topological polar surface area (TPSA) is 104 Å². The molecule has 0 fully saturated rings. The second-order valence-corrected chi connectivity index (χ2v) is 7.66. The lowest BCUT2D eigenvalue weighted by molar-refractivity contribution is -0.162. The van der Waals surface area contributed by atoms with Crippen LogP contribution in [0.3, 0.4) is 0 Å². The summed E-state index contributed by atoms with van der Waals surface area (Å²) in [5, 5.41) is 5.91. The molecule has 150 valence electrons. The molecule has 28 heavy (non-hydrogen) atoms. The van der Waals surface area contributed by atoms with Crippen LogP contribution in [0.2, 0.25) is 0 Å². The average Bonchev–Trinajstić information content (AvgIpc) is 2.91. The van der Waals surface area contributed by atoms with Crippen molar-refractivity contribution < 1.29 is 40.8 Å². The molecule has 1 aliphatic carbocycles. The van der Waals surface area contributed by atoms with Gasteiger partial charge >= 0.3 is 11.2 Å². The third kappa shape index (κ3) is 3.07. The zero-order valence-corrected chi connectivity index (χ0v) is 15.0. The fourth-order valence-corrected chi connectivity index (χ4v) is 3.55. The number of ether oxygens (including phenoxy) is 1. The number of carbonyl (C=O) groups is 1. The highest BCUT2D eigenvalue weighted by molar-refractivity contribution is 7.86. The molecule has 0 saturated heterocycles. The van der Waals surface area contributed by atoms with E-state index in [0.717, 1.165) is 0 Å². The zero-order chi connectivity index (χ0) is 20.7. The second-order valence-electron chi connectivity index (χ2n) is 6.21. The van der Waals surface area contributed by atoms with Gasteiger partial charge in [-0.3, -0.25) is 0 Å². The van der Waals surface area contributed by atoms with Crippen LogP contribution in [0.4, 0.5) is 13.2 Å². The summed E-state index contributed by atoms with van der Waals surface area (Å²) in [6.07, 6.45) is -4.60. The smallest absolute Gasteiger partial charge is 0.364 e. The molecule has 0 aromatic heterocycles. The van der Waals surface area contributed by atoms with Crippen LogP contribution in [0, 0.1) is 0 Å². The third-order valence-corrected chi connectivity index (χ3v) is 5.44. The van der Waals surface area contributed by atoms with E-state index in [2.05, 4.69) is 0 Å². The second kappa shape index (κ2) is 6.87. The molecule has 2 aromatic rings. The van der Waals surface area contributed by atoms with Crippen LogP contribution >= 0.6 is 0 Å². The van der Waals surface area contributed by atoms with Gasteiger partial charge in [0, 0.05) is 17.5 Å². The summed E-state index contributed by atoms with van der Waals surface area (Å²) in [7, 11) is -6.21. The fraction of sp³-hybridized carbons (Fsp3) is 0.278. The van der Waals surface area contributed by atoms with E-state index < -0.39 is 46.1 Å². The highest BCUT2D eigenvalue weighted by atomic mass is 32.2. The van der Waals surface area contributed by atoms with Gasteiger partial charge in [-0.05, 0) is 11.1 Å². The first kappa shape index (κ1) is 20.3. The van der Waals surface area contributed by atoms with Crippen LogP contribution in [0.5, 0.6) is 0 Å². The van der Waals surface area contributed by atoms with Crippen LogP contribution in [-0.4, -0.2) is 42.1 Å². The van der Waals surface area contributed by atoms with Gasteiger partial charge in [0.05, 0.1) is 6.61 Å². The van der Waals surface area contributed by atoms with E-state index in [4.69, 9.17) is 4.74 Å². The number of hydrogen-bond donors (Lipinski definition) is 1. The number of aliphatic hydroxyl groups is 1. The summed E-state index contributed by atoms with van der Waals surface area (Å²) in [6.45, 7) is -0.961. The highest BCUT2D eigenvalue weighted by Crippen LogP contribution is 2.47. The number of hydrogen-bond acceptors (Lipinski definition) is 6. The SMILES string of the molecule is O=C(OCCC(F)C(F)(F)S(=O)(=O)[O-])C1(O)c2ccccc2-c2ccccc21. The van der Waals surface area contributed by atoms with Gasteiger partial charge in [-0.2, -0.15) is 8.78 Å². The van der Waals surface area contributed by atoms with Crippen molar-refractivity contribution in [3.8, 4) is 11.1 Å². The first-order valence-corrected chi connectivity index (χ1v) is 9.48. The highest BCUT2D eigenvalue weighted by Gasteiger charge is 2.50. The lowest BCUT2D eigenvalue weighted by atomic mass is 9.91. The van der Waals surface area contributed by atoms with Crippen molar-refractivity contribution in [2.75, 3.05) is 6.61 Å². The third-order valence-electron chi connectivity index (χ3n) is 4.52. The Morgan fingerprint density at radius 2 is 1.57 bits per heavy atom. The monoisotopic (exact) mass is 415 g/mol. The Labute approximate surface area is 158 Å². The largest absolute Gasteiger partial charge is 0.743 e. The van der Waals surface area contributed by atoms with Gasteiger partial charge in [0.1, 0.15) is 0 Å². The van der Waals surface area contributed by atoms with Crippen molar-refractivity contribution in [3.63, 3.8) is 0 Å². The van der Waals surface area contributed by atoms with E-state index in [-0.39, 0.29) is 11.1 Å². The molecule has 10 heteroatoms. The molecule has 0 spiro atoms. The van der Waals surface area contributed by atoms with Crippen LogP contribution in [0.25, 0.3) is 11.1 Å². The predicted octanol–water partition coefficient (Wildman–Crippen LogP) is 2.31. The van der Waals surface area contributed by atoms with Gasteiger partial charge in [-0.25, -0.2) is 17.6 Å². The Hall–Kier alpha value is -2.43. The van der Waals surface area contributed by atoms with Gasteiger partial charge in [0.25, 0.3) is 0 Å². The average molecular weight is 415 g/mol. The number of fused-ring (bicyclic) bond motifs is 3. The molecule has 1 N–H and O–H groups in total. The Morgan fingerprint density at radius 3 is 2.04 bits per heavy atom. The van der Waals surface area contributed by atoms with Crippen molar-refractivity contribution >= 4 is 16.1 Å². The maximum atomic E-state index is 13.5. The minimum atomic E-state index is -6.21. The molecule has 0 saturated carbocycles. The molecule has 1 unspecified atom stereocenters. The Kier molecular flexibility index (Phi) is 4.98. The summed E-state index contributed by atoms with van der Waals surface area (Å²) in [5.74, 6) is -1.23. The lowest BCUT2D eigenvalue weighted by Crippen LogP contribution is -2.40. The first-order chi connectivity index (χ1) is 13.0. The van der Waals surface area contributed by atoms with E-state index in [1.165, 1.54) is 12.1 Å². The predicted molar refractivity (Wildman–Crippen MR) is 90.0 cm³/mol. The van der Waals surface area contributed by atoms with Gasteiger partial charge in [0.15, 0.2) is 16.3 Å². The molecule has 0 bridgehead atoms. The summed E-state index contributed by atoms with van der Waals surface area (Å²) in [5.41, 5.74) is -0.655. The van der Waals surface area contributed by atoms with Gasteiger partial charge < -0.3 is 14.4 Å². The molecule has 0 heterocycles. The van der Waals surface area contributed by atoms with E-state index >= 15 is 0 Å². The van der Waals surface area contributed by atoms with Gasteiger partial charge in [-0.15, -0.1) is 0 Å². The lowest BCUT2D eigenvalue weighted by Gasteiger charge is -2.25. The number of halogens is 3. The fourth-order valence-electron chi connectivity index (χ4n) is 3.12. The summed E-state index contributed by atoms with van der Waals surface area (Å²) in [4.78, 5) is 12.6. The van der Waals surface area contributed by atoms with E-state index in [0.29, 0.717) is 11.1 Å². The molecule has 6 nitrogen and oxygen atoms in total. The number of benzene rings is 2. The van der Waals surface area contributed by atoms with Crippen molar-refractivity contribution in [2.24, 2.45) is 0 Å². The summed E-state index contributed by atoms with van der Waals surface area (Å²) >= 11 is 0. The maximum Gasteiger partial charge on any atom is 0.364 e. The minimum absolute atomic E-state index is 0.213. The van der Waals surface area contributed by atoms with Crippen LogP contribution in [0.15, 0.2) is 48.5 Å². The van der Waals surface area contributed by atoms with Crippen molar-refractivity contribution in [1.29, 1.82) is 0 Å². The molecule has 2 aromatic carbocycles. The Bertz CT molecular complexity index is 976. The molecule has 0 radical (unpaired) electrons. The van der Waals surface area contributed by atoms with Crippen molar-refractivity contribution in [2.45, 2.75) is 23.4 Å². The maximum absolute atomic E-state index is 13.5. The minimum Gasteiger partial charge on any atom is -0.743 e. The quantitative estimate of drug-likeness (QED) is 0.574. The van der Waals surface area contributed by atoms with Gasteiger partial charge in [-0.1, -0.05) is 48.5 Å². The number of esters is 1. The molecule has 1 aliphatic rings. The molecule has 0 aliphatic heterocycles. The summed E-state index contributed by atoms with van der Waals surface area (Å²) < 4.78 is 75.9. The molecule has 0 amide bonds. The van der Waals surface area contributed by atoms with Crippen LogP contribution in [0.1, 0.15) is 17.5 Å². The standard InChI is InChI=1S/C18H15F3O6S/c19-15(18(20,21)28(24,25)26)9-10-27-16(22)17(23)13-7-3-1-5-11(13)12-6-2-4-8-14(12)17/h1-8,15,23H,9-10H2,(H,24,25,26)/p-1. The molecular formula is C18H14F3O6S-. The first-order valence-electron chi connectivity index (χ1n) is 8.07. The molecule has 3 rings (SSSR count). The molecule has 1 atom stereocenters. The van der Waals surface area contributed by atoms with Crippen molar-refractivity contribution in [3.05, 3.63) is 59.7 Å². The summed E-state index contributed by atoms with van der Waals surface area (Å²) in [6, 6.07) is 12.9. The number of alkyl halides is 3. The van der Waals surface area contributed by atoms with Crippen LogP contribution < -0.4 is 0 Å². The number of carbonyl (C=O) groups excluding carboxylic acids is 1.